The molecule has 0 saturated carbocycles. The summed E-state index contributed by atoms with van der Waals surface area (Å²) in [7, 11) is 0. The molecule has 1 N–H and O–H groups in total. The van der Waals surface area contributed by atoms with Crippen LogP contribution in [0.25, 0.3) is 0 Å². The number of carbonyl (C=O) groups excluding carboxylic acids is 3. The van der Waals surface area contributed by atoms with E-state index in [0.717, 1.165) is 13.8 Å². The van der Waals surface area contributed by atoms with Crippen molar-refractivity contribution in [1.82, 2.24) is 5.06 Å². The molecule has 0 aliphatic heterocycles. The van der Waals surface area contributed by atoms with Crippen LogP contribution in [-0.2, 0) is 25.7 Å². The minimum atomic E-state index is -2.20. The number of rotatable bonds is 7. The summed E-state index contributed by atoms with van der Waals surface area (Å²) in [5, 5.41) is 9.91. The number of carbonyl (C=O) groups is 3. The number of Topliss-reactive ketones (excluding diaryl/α,β-unsaturated/α-hetero) is 1. The van der Waals surface area contributed by atoms with E-state index in [9.17, 15) is 19.6 Å². The van der Waals surface area contributed by atoms with Crippen molar-refractivity contribution in [3.8, 4) is 0 Å². The van der Waals surface area contributed by atoms with Crippen LogP contribution >= 0.6 is 0 Å². The molecule has 1 aromatic carbocycles. The van der Waals surface area contributed by atoms with Crippen molar-refractivity contribution in [2.24, 2.45) is 0 Å². The van der Waals surface area contributed by atoms with Crippen molar-refractivity contribution in [3.05, 3.63) is 48.6 Å². The fourth-order valence-electron chi connectivity index (χ4n) is 1.62. The molecule has 124 valence electrons. The number of benzene rings is 1. The van der Waals surface area contributed by atoms with Crippen molar-refractivity contribution in [2.45, 2.75) is 26.0 Å². The molecule has 7 nitrogen and oxygen atoms in total. The van der Waals surface area contributed by atoms with Gasteiger partial charge in [0.25, 0.3) is 0 Å². The van der Waals surface area contributed by atoms with Crippen molar-refractivity contribution in [3.63, 3.8) is 0 Å². The van der Waals surface area contributed by atoms with Crippen LogP contribution in [0, 0.1) is 0 Å². The Bertz CT molecular complexity index is 585. The molecular weight excluding hydrogens is 302 g/mol. The lowest BCUT2D eigenvalue weighted by molar-refractivity contribution is -0.187. The minimum absolute atomic E-state index is 0.0519. The van der Waals surface area contributed by atoms with Crippen molar-refractivity contribution >= 4 is 17.8 Å². The first-order chi connectivity index (χ1) is 10.8. The highest BCUT2D eigenvalue weighted by atomic mass is 16.6. The van der Waals surface area contributed by atoms with Gasteiger partial charge in [-0.15, -0.1) is 0 Å². The predicted octanol–water partition coefficient (Wildman–Crippen LogP) is 2.09. The summed E-state index contributed by atoms with van der Waals surface area (Å²) in [4.78, 5) is 35.7. The van der Waals surface area contributed by atoms with E-state index in [-0.39, 0.29) is 18.3 Å². The molecular formula is C16H19NO6. The molecule has 0 aromatic heterocycles. The van der Waals surface area contributed by atoms with E-state index in [0.29, 0.717) is 5.56 Å². The molecule has 0 fully saturated rings. The first-order valence-electron chi connectivity index (χ1n) is 6.83. The van der Waals surface area contributed by atoms with Crippen molar-refractivity contribution < 1.29 is 29.1 Å². The van der Waals surface area contributed by atoms with Gasteiger partial charge in [0, 0.05) is 0 Å². The van der Waals surface area contributed by atoms with Crippen LogP contribution in [-0.4, -0.2) is 40.3 Å². The van der Waals surface area contributed by atoms with Crippen molar-refractivity contribution in [2.75, 3.05) is 6.61 Å². The lowest BCUT2D eigenvalue weighted by Gasteiger charge is -2.31. The summed E-state index contributed by atoms with van der Waals surface area (Å²) in [6.07, 6.45) is 0.0653. The highest BCUT2D eigenvalue weighted by Gasteiger charge is 2.49. The van der Waals surface area contributed by atoms with Crippen LogP contribution in [0.4, 0.5) is 4.79 Å². The van der Waals surface area contributed by atoms with Gasteiger partial charge >= 0.3 is 12.1 Å². The Morgan fingerprint density at radius 3 is 2.39 bits per heavy atom. The molecule has 1 atom stereocenters. The maximum Gasteiger partial charge on any atom is 0.435 e. The van der Waals surface area contributed by atoms with Gasteiger partial charge in [-0.2, -0.15) is 5.06 Å². The van der Waals surface area contributed by atoms with E-state index in [1.165, 1.54) is 6.08 Å². The molecule has 0 bridgehead atoms. The number of ether oxygens (including phenoxy) is 2. The Hall–Kier alpha value is -2.67. The van der Waals surface area contributed by atoms with Crippen LogP contribution in [0.2, 0.25) is 0 Å². The van der Waals surface area contributed by atoms with Gasteiger partial charge in [0.15, 0.2) is 5.78 Å². The average Bonchev–Trinajstić information content (AvgIpc) is 2.56. The van der Waals surface area contributed by atoms with Gasteiger partial charge in [-0.25, -0.2) is 9.59 Å². The van der Waals surface area contributed by atoms with E-state index in [1.54, 1.807) is 30.3 Å². The van der Waals surface area contributed by atoms with Crippen molar-refractivity contribution in [1.29, 1.82) is 0 Å². The second-order valence-electron chi connectivity index (χ2n) is 4.87. The van der Waals surface area contributed by atoms with Crippen LogP contribution in [0.3, 0.4) is 0 Å². The SMILES string of the molecule is C=CCOC(=O)[C@@](C)(C(C)=O)N(O)C(=O)OCc1ccccc1. The number of hydrogen-bond donors (Lipinski definition) is 1. The summed E-state index contributed by atoms with van der Waals surface area (Å²) in [6.45, 7) is 5.23. The normalized spacial score (nSPS) is 12.7. The number of esters is 1. The third-order valence-corrected chi connectivity index (χ3v) is 3.22. The fourth-order valence-corrected chi connectivity index (χ4v) is 1.62. The van der Waals surface area contributed by atoms with Gasteiger partial charge in [-0.3, -0.25) is 10.0 Å². The number of hydroxylamine groups is 2. The Morgan fingerprint density at radius 2 is 1.87 bits per heavy atom. The van der Waals surface area contributed by atoms with Crippen LogP contribution in [0.15, 0.2) is 43.0 Å². The first-order valence-corrected chi connectivity index (χ1v) is 6.83. The second-order valence-corrected chi connectivity index (χ2v) is 4.87. The predicted molar refractivity (Wildman–Crippen MR) is 80.5 cm³/mol. The standard InChI is InChI=1S/C16H19NO6/c1-4-10-22-14(19)16(3,12(2)18)17(21)15(20)23-11-13-8-6-5-7-9-13/h4-9,21H,1,10-11H2,2-3H3/t16-/m1/s1. The molecule has 0 saturated heterocycles. The molecule has 0 heterocycles. The number of amides is 1. The highest BCUT2D eigenvalue weighted by Crippen LogP contribution is 2.18. The monoisotopic (exact) mass is 321 g/mol. The second kappa shape index (κ2) is 8.09. The number of nitrogens with zero attached hydrogens (tertiary/aromatic N) is 1. The molecule has 0 unspecified atom stereocenters. The van der Waals surface area contributed by atoms with Gasteiger partial charge in [0.1, 0.15) is 13.2 Å². The average molecular weight is 321 g/mol. The van der Waals surface area contributed by atoms with Gasteiger partial charge < -0.3 is 9.47 Å². The van der Waals surface area contributed by atoms with E-state index in [4.69, 9.17) is 9.47 Å². The van der Waals surface area contributed by atoms with Gasteiger partial charge in [-0.1, -0.05) is 43.0 Å². The van der Waals surface area contributed by atoms with Crippen LogP contribution in [0.5, 0.6) is 0 Å². The lowest BCUT2D eigenvalue weighted by atomic mass is 9.97. The minimum Gasteiger partial charge on any atom is -0.459 e. The molecule has 1 rings (SSSR count). The zero-order chi connectivity index (χ0) is 17.5. The smallest absolute Gasteiger partial charge is 0.435 e. The van der Waals surface area contributed by atoms with E-state index in [1.807, 2.05) is 0 Å². The number of ketones is 1. The third kappa shape index (κ3) is 4.40. The Kier molecular flexibility index (Phi) is 6.47. The maximum atomic E-state index is 12.0. The molecule has 23 heavy (non-hydrogen) atoms. The van der Waals surface area contributed by atoms with Crippen LogP contribution < -0.4 is 0 Å². The summed E-state index contributed by atoms with van der Waals surface area (Å²) in [5.41, 5.74) is -1.51. The van der Waals surface area contributed by atoms with E-state index in [2.05, 4.69) is 6.58 Å². The zero-order valence-electron chi connectivity index (χ0n) is 13.0. The third-order valence-electron chi connectivity index (χ3n) is 3.22. The van der Waals surface area contributed by atoms with E-state index >= 15 is 0 Å². The molecule has 0 aliphatic rings. The van der Waals surface area contributed by atoms with Gasteiger partial charge in [0.05, 0.1) is 0 Å². The Labute approximate surface area is 134 Å². The quantitative estimate of drug-likeness (QED) is 0.272. The topological polar surface area (TPSA) is 93.1 Å². The molecule has 0 spiro atoms. The molecule has 0 aliphatic carbocycles. The Balaban J connectivity index is 2.81. The zero-order valence-corrected chi connectivity index (χ0v) is 13.0. The van der Waals surface area contributed by atoms with Gasteiger partial charge in [0.2, 0.25) is 5.54 Å². The summed E-state index contributed by atoms with van der Waals surface area (Å²) in [5.74, 6) is -1.85. The molecule has 7 heteroatoms. The van der Waals surface area contributed by atoms with E-state index < -0.39 is 23.4 Å². The summed E-state index contributed by atoms with van der Waals surface area (Å²) >= 11 is 0. The molecule has 1 aromatic rings. The summed E-state index contributed by atoms with van der Waals surface area (Å²) < 4.78 is 9.66. The lowest BCUT2D eigenvalue weighted by Crippen LogP contribution is -2.58. The molecule has 1 amide bonds. The largest absolute Gasteiger partial charge is 0.459 e. The highest BCUT2D eigenvalue weighted by molar-refractivity contribution is 6.08. The van der Waals surface area contributed by atoms with Gasteiger partial charge in [-0.05, 0) is 19.4 Å². The number of hydrogen-bond acceptors (Lipinski definition) is 6. The fraction of sp³-hybridized carbons (Fsp3) is 0.312. The van der Waals surface area contributed by atoms with Crippen LogP contribution in [0.1, 0.15) is 19.4 Å². The molecule has 0 radical (unpaired) electrons. The summed E-state index contributed by atoms with van der Waals surface area (Å²) in [6, 6.07) is 8.75. The Morgan fingerprint density at radius 1 is 1.26 bits per heavy atom. The first kappa shape index (κ1) is 18.4. The maximum absolute atomic E-state index is 12.0.